The molecule has 0 aromatic rings. The van der Waals surface area contributed by atoms with Crippen molar-refractivity contribution in [3.05, 3.63) is 0 Å². The second kappa shape index (κ2) is 5.17. The van der Waals surface area contributed by atoms with E-state index in [1.807, 2.05) is 0 Å². The normalized spacial score (nSPS) is 27.9. The monoisotopic (exact) mass is 275 g/mol. The van der Waals surface area contributed by atoms with Crippen LogP contribution >= 0.6 is 0 Å². The zero-order valence-corrected chi connectivity index (χ0v) is 11.7. The molecule has 1 saturated heterocycles. The molecule has 1 aliphatic carbocycles. The zero-order chi connectivity index (χ0) is 14.1. The van der Waals surface area contributed by atoms with Gasteiger partial charge >= 0.3 is 0 Å². The summed E-state index contributed by atoms with van der Waals surface area (Å²) in [6.07, 6.45) is 12.3. The second-order valence-electron chi connectivity index (χ2n) is 6.20. The predicted molar refractivity (Wildman–Crippen MR) is 74.0 cm³/mol. The first kappa shape index (κ1) is 13.6. The second-order valence-corrected chi connectivity index (χ2v) is 6.20. The highest BCUT2D eigenvalue weighted by atomic mass is 16.5. The molecule has 0 aromatic carbocycles. The molecule has 1 atom stereocenters. The third-order valence-electron chi connectivity index (χ3n) is 4.64. The Labute approximate surface area is 119 Å². The molecule has 2 fully saturated rings. The lowest BCUT2D eigenvalue weighted by Crippen LogP contribution is -2.39. The van der Waals surface area contributed by atoms with E-state index in [1.54, 1.807) is 0 Å². The predicted octanol–water partition coefficient (Wildman–Crippen LogP) is 2.17. The van der Waals surface area contributed by atoms with Crippen LogP contribution in [0.5, 0.6) is 0 Å². The van der Waals surface area contributed by atoms with Gasteiger partial charge in [0.05, 0.1) is 18.2 Å². The molecule has 108 valence electrons. The van der Waals surface area contributed by atoms with E-state index in [1.165, 1.54) is 6.42 Å². The molecule has 3 aliphatic rings. The first-order chi connectivity index (χ1) is 9.65. The van der Waals surface area contributed by atoms with Crippen molar-refractivity contribution in [3.63, 3.8) is 0 Å². The van der Waals surface area contributed by atoms with Gasteiger partial charge in [-0.05, 0) is 25.7 Å². The van der Waals surface area contributed by atoms with Crippen LogP contribution < -0.4 is 5.32 Å². The molecule has 1 amide bonds. The molecule has 1 unspecified atom stereocenters. The van der Waals surface area contributed by atoms with Gasteiger partial charge in [0, 0.05) is 25.7 Å². The SMILES string of the molecule is C#CCCC1(CCC(=O)NC2COC3(CCC3)C2)N=N1. The molecule has 2 heterocycles. The lowest BCUT2D eigenvalue weighted by molar-refractivity contribution is -0.122. The molecule has 3 rings (SSSR count). The number of ether oxygens (including phenoxy) is 1. The van der Waals surface area contributed by atoms with Crippen LogP contribution in [0.2, 0.25) is 0 Å². The van der Waals surface area contributed by atoms with Crippen LogP contribution in [-0.4, -0.2) is 29.8 Å². The van der Waals surface area contributed by atoms with Gasteiger partial charge < -0.3 is 10.1 Å². The lowest BCUT2D eigenvalue weighted by Gasteiger charge is -2.37. The first-order valence-electron chi connectivity index (χ1n) is 7.46. The molecule has 1 N–H and O–H groups in total. The fourth-order valence-corrected chi connectivity index (χ4v) is 3.14. The number of carbonyl (C=O) groups excluding carboxylic acids is 1. The first-order valence-corrected chi connectivity index (χ1v) is 7.46. The van der Waals surface area contributed by atoms with E-state index < -0.39 is 0 Å². The highest BCUT2D eigenvalue weighted by Crippen LogP contribution is 2.43. The molecule has 1 saturated carbocycles. The highest BCUT2D eigenvalue weighted by Gasteiger charge is 2.45. The highest BCUT2D eigenvalue weighted by molar-refractivity contribution is 5.76. The van der Waals surface area contributed by atoms with Gasteiger partial charge in [0.15, 0.2) is 5.66 Å². The lowest BCUT2D eigenvalue weighted by atomic mass is 9.77. The summed E-state index contributed by atoms with van der Waals surface area (Å²) in [5.41, 5.74) is -0.266. The van der Waals surface area contributed by atoms with E-state index in [-0.39, 0.29) is 23.2 Å². The molecule has 1 spiro atoms. The quantitative estimate of drug-likeness (QED) is 0.755. The number of hydrogen-bond donors (Lipinski definition) is 1. The summed E-state index contributed by atoms with van der Waals surface area (Å²) in [7, 11) is 0. The van der Waals surface area contributed by atoms with E-state index in [0.717, 1.165) is 25.7 Å². The van der Waals surface area contributed by atoms with Crippen LogP contribution in [0.15, 0.2) is 10.2 Å². The van der Waals surface area contributed by atoms with Gasteiger partial charge in [0.1, 0.15) is 0 Å². The Morgan fingerprint density at radius 3 is 2.75 bits per heavy atom. The number of amides is 1. The topological polar surface area (TPSA) is 63.0 Å². The molecule has 0 aromatic heterocycles. The Morgan fingerprint density at radius 1 is 1.40 bits per heavy atom. The summed E-state index contributed by atoms with van der Waals surface area (Å²) in [5.74, 6) is 2.67. The van der Waals surface area contributed by atoms with E-state index in [0.29, 0.717) is 25.9 Å². The molecule has 0 bridgehead atoms. The average molecular weight is 275 g/mol. The molecule has 20 heavy (non-hydrogen) atoms. The number of nitrogens with zero attached hydrogens (tertiary/aromatic N) is 2. The van der Waals surface area contributed by atoms with Crippen LogP contribution in [0, 0.1) is 12.3 Å². The third-order valence-corrected chi connectivity index (χ3v) is 4.64. The summed E-state index contributed by atoms with van der Waals surface area (Å²) in [6, 6.07) is 0.178. The van der Waals surface area contributed by atoms with Gasteiger partial charge in [-0.2, -0.15) is 10.2 Å². The Morgan fingerprint density at radius 2 is 2.20 bits per heavy atom. The Balaban J connectivity index is 1.37. The fraction of sp³-hybridized carbons (Fsp3) is 0.800. The van der Waals surface area contributed by atoms with E-state index >= 15 is 0 Å². The number of rotatable bonds is 6. The van der Waals surface area contributed by atoms with E-state index in [2.05, 4.69) is 21.5 Å². The van der Waals surface area contributed by atoms with Crippen molar-refractivity contribution in [3.8, 4) is 12.3 Å². The van der Waals surface area contributed by atoms with Gasteiger partial charge in [-0.1, -0.05) is 0 Å². The zero-order valence-electron chi connectivity index (χ0n) is 11.7. The van der Waals surface area contributed by atoms with Crippen molar-refractivity contribution in [1.82, 2.24) is 5.32 Å². The van der Waals surface area contributed by atoms with Crippen molar-refractivity contribution in [1.29, 1.82) is 0 Å². The summed E-state index contributed by atoms with van der Waals surface area (Å²) in [6.45, 7) is 0.655. The largest absolute Gasteiger partial charge is 0.373 e. The number of carbonyl (C=O) groups is 1. The van der Waals surface area contributed by atoms with Crippen LogP contribution in [0.25, 0.3) is 0 Å². The van der Waals surface area contributed by atoms with Gasteiger partial charge in [-0.15, -0.1) is 12.3 Å². The van der Waals surface area contributed by atoms with Crippen molar-refractivity contribution >= 4 is 5.91 Å². The van der Waals surface area contributed by atoms with Gasteiger partial charge in [0.25, 0.3) is 0 Å². The summed E-state index contributed by atoms with van der Waals surface area (Å²) >= 11 is 0. The van der Waals surface area contributed by atoms with Crippen LogP contribution in [-0.2, 0) is 9.53 Å². The minimum atomic E-state index is -0.356. The fourth-order valence-electron chi connectivity index (χ4n) is 3.14. The molecular weight excluding hydrogens is 254 g/mol. The Kier molecular flexibility index (Phi) is 3.51. The number of hydrogen-bond acceptors (Lipinski definition) is 4. The van der Waals surface area contributed by atoms with Gasteiger partial charge in [-0.25, -0.2) is 0 Å². The maximum atomic E-state index is 12.0. The van der Waals surface area contributed by atoms with E-state index in [9.17, 15) is 4.79 Å². The minimum absolute atomic E-state index is 0.0763. The molecule has 5 heteroatoms. The minimum Gasteiger partial charge on any atom is -0.373 e. The van der Waals surface area contributed by atoms with E-state index in [4.69, 9.17) is 11.2 Å². The molecular formula is C15H21N3O2. The third kappa shape index (κ3) is 2.85. The van der Waals surface area contributed by atoms with Gasteiger partial charge in [-0.3, -0.25) is 4.79 Å². The summed E-state index contributed by atoms with van der Waals surface area (Å²) < 4.78 is 5.83. The summed E-state index contributed by atoms with van der Waals surface area (Å²) in [4.78, 5) is 12.0. The number of nitrogens with one attached hydrogen (secondary N) is 1. The summed E-state index contributed by atoms with van der Waals surface area (Å²) in [5, 5.41) is 11.2. The van der Waals surface area contributed by atoms with Crippen LogP contribution in [0.1, 0.15) is 51.4 Å². The number of terminal acetylenes is 1. The van der Waals surface area contributed by atoms with Gasteiger partial charge in [0.2, 0.25) is 5.91 Å². The van der Waals surface area contributed by atoms with Crippen LogP contribution in [0.4, 0.5) is 0 Å². The maximum absolute atomic E-state index is 12.0. The van der Waals surface area contributed by atoms with Crippen molar-refractivity contribution in [2.24, 2.45) is 10.2 Å². The molecule has 5 nitrogen and oxygen atoms in total. The van der Waals surface area contributed by atoms with Crippen molar-refractivity contribution < 1.29 is 9.53 Å². The molecule has 0 radical (unpaired) electrons. The standard InChI is InChI=1S/C15H21N3O2/c1-2-3-8-15(17-18-15)9-5-13(19)16-12-10-14(20-11-12)6-4-7-14/h1,12H,3-11H2,(H,16,19). The maximum Gasteiger partial charge on any atom is 0.220 e. The Bertz CT molecular complexity index is 456. The van der Waals surface area contributed by atoms with Crippen molar-refractivity contribution in [2.45, 2.75) is 68.7 Å². The van der Waals surface area contributed by atoms with Crippen molar-refractivity contribution in [2.75, 3.05) is 6.61 Å². The smallest absolute Gasteiger partial charge is 0.220 e. The average Bonchev–Trinajstić information content (AvgIpc) is 3.04. The Hall–Kier alpha value is -1.41. The molecule has 2 aliphatic heterocycles. The van der Waals surface area contributed by atoms with Crippen LogP contribution in [0.3, 0.4) is 0 Å².